The van der Waals surface area contributed by atoms with Crippen molar-refractivity contribution in [1.29, 1.82) is 5.26 Å². The third kappa shape index (κ3) is 6.42. The summed E-state index contributed by atoms with van der Waals surface area (Å²) in [6.45, 7) is 1.41. The molecule has 0 aliphatic carbocycles. The van der Waals surface area contributed by atoms with Gasteiger partial charge in [-0.3, -0.25) is 4.79 Å². The molecule has 29 heavy (non-hydrogen) atoms. The number of benzene rings is 2. The summed E-state index contributed by atoms with van der Waals surface area (Å²) in [5.41, 5.74) is 0.663. The fourth-order valence-corrected chi connectivity index (χ4v) is 2.75. The summed E-state index contributed by atoms with van der Waals surface area (Å²) < 4.78 is 10.6. The van der Waals surface area contributed by atoms with Gasteiger partial charge < -0.3 is 19.9 Å². The number of carbonyl (C=O) groups is 2. The second kappa shape index (κ2) is 10.4. The zero-order valence-corrected chi connectivity index (χ0v) is 16.8. The highest BCUT2D eigenvalue weighted by Crippen LogP contribution is 2.37. The van der Waals surface area contributed by atoms with Gasteiger partial charge in [-0.15, -0.1) is 0 Å². The number of nitrogens with one attached hydrogen (secondary N) is 1. The molecule has 0 spiro atoms. The van der Waals surface area contributed by atoms with E-state index in [0.29, 0.717) is 16.3 Å². The Balaban J connectivity index is 2.33. The number of nitrogens with zero attached hydrogens (tertiary/aromatic N) is 1. The molecule has 9 heteroatoms. The first-order chi connectivity index (χ1) is 13.8. The largest absolute Gasteiger partial charge is 0.490 e. The van der Waals surface area contributed by atoms with Gasteiger partial charge in [0.1, 0.15) is 11.6 Å². The molecule has 2 rings (SSSR count). The van der Waals surface area contributed by atoms with Crippen LogP contribution >= 0.6 is 23.2 Å². The van der Waals surface area contributed by atoms with Crippen molar-refractivity contribution in [1.82, 2.24) is 0 Å². The van der Waals surface area contributed by atoms with Gasteiger partial charge in [0.2, 0.25) is 0 Å². The normalized spacial score (nSPS) is 10.8. The lowest BCUT2D eigenvalue weighted by Crippen LogP contribution is -2.13. The second-order valence-electron chi connectivity index (χ2n) is 5.58. The first-order valence-electron chi connectivity index (χ1n) is 8.33. The summed E-state index contributed by atoms with van der Waals surface area (Å²) in [7, 11) is 0. The Bertz CT molecular complexity index is 999. The van der Waals surface area contributed by atoms with Crippen LogP contribution in [0.5, 0.6) is 11.5 Å². The molecule has 2 aromatic carbocycles. The molecule has 0 saturated carbocycles. The minimum atomic E-state index is -1.17. The van der Waals surface area contributed by atoms with Crippen LogP contribution in [0.1, 0.15) is 12.5 Å². The predicted octanol–water partition coefficient (Wildman–Crippen LogP) is 4.40. The van der Waals surface area contributed by atoms with Gasteiger partial charge in [0, 0.05) is 10.7 Å². The van der Waals surface area contributed by atoms with E-state index in [2.05, 4.69) is 5.32 Å². The summed E-state index contributed by atoms with van der Waals surface area (Å²) in [6.07, 6.45) is 1.33. The zero-order valence-electron chi connectivity index (χ0n) is 15.2. The summed E-state index contributed by atoms with van der Waals surface area (Å²) >= 11 is 12.1. The molecule has 0 aromatic heterocycles. The Labute approximate surface area is 177 Å². The molecule has 0 unspecified atom stereocenters. The summed E-state index contributed by atoms with van der Waals surface area (Å²) in [4.78, 5) is 23.1. The van der Waals surface area contributed by atoms with Crippen LogP contribution in [-0.4, -0.2) is 30.2 Å². The van der Waals surface area contributed by atoms with Crippen molar-refractivity contribution in [3.63, 3.8) is 0 Å². The Morgan fingerprint density at radius 2 is 2.00 bits per heavy atom. The Morgan fingerprint density at radius 1 is 1.24 bits per heavy atom. The molecule has 0 fully saturated rings. The van der Waals surface area contributed by atoms with Crippen molar-refractivity contribution in [2.75, 3.05) is 18.5 Å². The summed E-state index contributed by atoms with van der Waals surface area (Å²) in [5, 5.41) is 21.3. The molecule has 7 nitrogen and oxygen atoms in total. The highest BCUT2D eigenvalue weighted by atomic mass is 35.5. The van der Waals surface area contributed by atoms with E-state index >= 15 is 0 Å². The number of anilines is 1. The van der Waals surface area contributed by atoms with Crippen molar-refractivity contribution in [2.24, 2.45) is 0 Å². The second-order valence-corrected chi connectivity index (χ2v) is 6.42. The minimum absolute atomic E-state index is 0.0648. The predicted molar refractivity (Wildman–Crippen MR) is 109 cm³/mol. The smallest absolute Gasteiger partial charge is 0.341 e. The van der Waals surface area contributed by atoms with Gasteiger partial charge in [-0.25, -0.2) is 4.79 Å². The quantitative estimate of drug-likeness (QED) is 0.470. The molecular weight excluding hydrogens is 419 g/mol. The molecule has 2 N–H and O–H groups in total. The number of rotatable bonds is 8. The van der Waals surface area contributed by atoms with Crippen molar-refractivity contribution in [3.8, 4) is 17.6 Å². The van der Waals surface area contributed by atoms with Gasteiger partial charge in [-0.2, -0.15) is 5.26 Å². The van der Waals surface area contributed by atoms with E-state index in [9.17, 15) is 14.9 Å². The van der Waals surface area contributed by atoms with Crippen molar-refractivity contribution >= 4 is 46.8 Å². The topological polar surface area (TPSA) is 109 Å². The fourth-order valence-electron chi connectivity index (χ4n) is 2.29. The average Bonchev–Trinajstić information content (AvgIpc) is 2.65. The lowest BCUT2D eigenvalue weighted by atomic mass is 10.1. The van der Waals surface area contributed by atoms with Crippen LogP contribution in [-0.2, 0) is 9.59 Å². The fraction of sp³-hybridized carbons (Fsp3) is 0.150. The number of ether oxygens (including phenoxy) is 2. The lowest BCUT2D eigenvalue weighted by Gasteiger charge is -2.13. The average molecular weight is 435 g/mol. The number of nitriles is 1. The number of carboxylic acid groups (broad SMARTS) is 1. The molecule has 0 bridgehead atoms. The van der Waals surface area contributed by atoms with E-state index in [1.807, 2.05) is 6.07 Å². The number of hydrogen-bond acceptors (Lipinski definition) is 5. The maximum Gasteiger partial charge on any atom is 0.341 e. The highest BCUT2D eigenvalue weighted by molar-refractivity contribution is 6.32. The van der Waals surface area contributed by atoms with E-state index in [-0.39, 0.29) is 28.7 Å². The van der Waals surface area contributed by atoms with Crippen LogP contribution in [0.4, 0.5) is 5.69 Å². The van der Waals surface area contributed by atoms with Crippen molar-refractivity contribution in [3.05, 3.63) is 57.6 Å². The maximum absolute atomic E-state index is 12.4. The van der Waals surface area contributed by atoms with E-state index < -0.39 is 18.5 Å². The lowest BCUT2D eigenvalue weighted by molar-refractivity contribution is -0.139. The van der Waals surface area contributed by atoms with Gasteiger partial charge >= 0.3 is 5.97 Å². The van der Waals surface area contributed by atoms with E-state index in [0.717, 1.165) is 0 Å². The number of halogens is 2. The third-order valence-electron chi connectivity index (χ3n) is 3.43. The minimum Gasteiger partial charge on any atom is -0.490 e. The number of carbonyl (C=O) groups excluding carboxylic acids is 1. The molecular formula is C20H16Cl2N2O5. The van der Waals surface area contributed by atoms with Crippen molar-refractivity contribution in [2.45, 2.75) is 6.92 Å². The summed E-state index contributed by atoms with van der Waals surface area (Å²) in [5.74, 6) is -1.54. The first-order valence-corrected chi connectivity index (χ1v) is 9.09. The molecule has 0 heterocycles. The van der Waals surface area contributed by atoms with Gasteiger partial charge in [-0.05, 0) is 48.9 Å². The SMILES string of the molecule is CCOc1cc(/C=C(\C#N)C(=O)Nc2cccc(Cl)c2)cc(Cl)c1OCC(=O)O. The van der Waals surface area contributed by atoms with Crippen LogP contribution < -0.4 is 14.8 Å². The summed E-state index contributed by atoms with van der Waals surface area (Å²) in [6, 6.07) is 11.3. The monoisotopic (exact) mass is 434 g/mol. The number of amides is 1. The Hall–Kier alpha value is -3.21. The van der Waals surface area contributed by atoms with Gasteiger partial charge in [0.05, 0.1) is 11.6 Å². The first kappa shape index (κ1) is 22.1. The van der Waals surface area contributed by atoms with Gasteiger partial charge in [-0.1, -0.05) is 29.3 Å². The Morgan fingerprint density at radius 3 is 2.62 bits per heavy atom. The van der Waals surface area contributed by atoms with Crippen LogP contribution in [0.3, 0.4) is 0 Å². The molecule has 150 valence electrons. The standard InChI is InChI=1S/C20H16Cl2N2O5/c1-2-28-17-8-12(7-16(22)19(17)29-11-18(25)26)6-13(10-23)20(27)24-15-5-3-4-14(21)9-15/h3-9H,2,11H2,1H3,(H,24,27)(H,25,26)/b13-6+. The van der Waals surface area contributed by atoms with Crippen LogP contribution in [0.25, 0.3) is 6.08 Å². The molecule has 0 radical (unpaired) electrons. The molecule has 0 atom stereocenters. The Kier molecular flexibility index (Phi) is 7.89. The third-order valence-corrected chi connectivity index (χ3v) is 3.95. The number of hydrogen-bond donors (Lipinski definition) is 2. The van der Waals surface area contributed by atoms with Gasteiger partial charge in [0.25, 0.3) is 5.91 Å². The van der Waals surface area contributed by atoms with Crippen LogP contribution in [0.2, 0.25) is 10.0 Å². The molecule has 2 aromatic rings. The van der Waals surface area contributed by atoms with E-state index in [1.54, 1.807) is 31.2 Å². The molecule has 0 aliphatic heterocycles. The van der Waals surface area contributed by atoms with Crippen LogP contribution in [0.15, 0.2) is 42.0 Å². The van der Waals surface area contributed by atoms with E-state index in [1.165, 1.54) is 18.2 Å². The zero-order chi connectivity index (χ0) is 21.4. The maximum atomic E-state index is 12.4. The number of aliphatic carboxylic acids is 1. The number of carboxylic acids is 1. The molecule has 0 saturated heterocycles. The highest BCUT2D eigenvalue weighted by Gasteiger charge is 2.15. The molecule has 1 amide bonds. The van der Waals surface area contributed by atoms with Crippen molar-refractivity contribution < 1.29 is 24.2 Å². The van der Waals surface area contributed by atoms with Crippen LogP contribution in [0, 0.1) is 11.3 Å². The van der Waals surface area contributed by atoms with Gasteiger partial charge in [0.15, 0.2) is 18.1 Å². The van der Waals surface area contributed by atoms with E-state index in [4.69, 9.17) is 37.8 Å². The molecule has 0 aliphatic rings.